The quantitative estimate of drug-likeness (QED) is 0.718. The fourth-order valence-corrected chi connectivity index (χ4v) is 3.48. The Morgan fingerprint density at radius 2 is 1.81 bits per heavy atom. The molecule has 0 radical (unpaired) electrons. The number of hydrogen-bond acceptors (Lipinski definition) is 5. The number of pyridine rings is 1. The maximum absolute atomic E-state index is 8.77. The van der Waals surface area contributed by atoms with Gasteiger partial charge in [0.05, 0.1) is 31.6 Å². The van der Waals surface area contributed by atoms with E-state index in [0.717, 1.165) is 43.4 Å². The summed E-state index contributed by atoms with van der Waals surface area (Å²) in [7, 11) is 0. The molecular formula is C20H26ClN3O2. The monoisotopic (exact) mass is 375 g/mol. The van der Waals surface area contributed by atoms with Crippen LogP contribution in [0.15, 0.2) is 48.7 Å². The number of halogens is 1. The summed E-state index contributed by atoms with van der Waals surface area (Å²) in [6, 6.07) is 14.3. The van der Waals surface area contributed by atoms with Gasteiger partial charge in [0.15, 0.2) is 0 Å². The van der Waals surface area contributed by atoms with Gasteiger partial charge in [-0.25, -0.2) is 0 Å². The van der Waals surface area contributed by atoms with Crippen LogP contribution in [-0.4, -0.2) is 72.4 Å². The van der Waals surface area contributed by atoms with Crippen LogP contribution >= 0.6 is 11.6 Å². The summed E-state index contributed by atoms with van der Waals surface area (Å²) in [5, 5.41) is 9.52. The van der Waals surface area contributed by atoms with Gasteiger partial charge < -0.3 is 9.84 Å². The average Bonchev–Trinajstić information content (AvgIpc) is 2.69. The van der Waals surface area contributed by atoms with Gasteiger partial charge in [-0.05, 0) is 29.8 Å². The zero-order valence-electron chi connectivity index (χ0n) is 14.9. The van der Waals surface area contributed by atoms with Crippen molar-refractivity contribution in [2.24, 2.45) is 0 Å². The van der Waals surface area contributed by atoms with E-state index in [1.54, 1.807) is 0 Å². The molecule has 0 bridgehead atoms. The van der Waals surface area contributed by atoms with Crippen molar-refractivity contribution in [1.82, 2.24) is 14.8 Å². The molecule has 1 aliphatic heterocycles. The van der Waals surface area contributed by atoms with Crippen LogP contribution in [0.2, 0.25) is 5.02 Å². The van der Waals surface area contributed by atoms with E-state index in [-0.39, 0.29) is 12.6 Å². The third-order valence-corrected chi connectivity index (χ3v) is 4.97. The number of nitrogens with zero attached hydrogens (tertiary/aromatic N) is 3. The highest BCUT2D eigenvalue weighted by molar-refractivity contribution is 6.30. The second-order valence-electron chi connectivity index (χ2n) is 6.42. The third-order valence-electron chi connectivity index (χ3n) is 4.71. The summed E-state index contributed by atoms with van der Waals surface area (Å²) in [5.74, 6) is 0. The number of aliphatic hydroxyl groups is 1. The van der Waals surface area contributed by atoms with E-state index in [0.29, 0.717) is 13.2 Å². The maximum atomic E-state index is 8.77. The van der Waals surface area contributed by atoms with E-state index in [1.807, 2.05) is 30.5 Å². The molecule has 0 amide bonds. The zero-order chi connectivity index (χ0) is 18.2. The van der Waals surface area contributed by atoms with Crippen molar-refractivity contribution in [3.63, 3.8) is 0 Å². The second kappa shape index (κ2) is 10.00. The zero-order valence-corrected chi connectivity index (χ0v) is 15.7. The molecule has 0 saturated carbocycles. The minimum atomic E-state index is 0.0840. The van der Waals surface area contributed by atoms with Crippen molar-refractivity contribution < 1.29 is 9.84 Å². The Kier molecular flexibility index (Phi) is 7.41. The number of benzene rings is 1. The largest absolute Gasteiger partial charge is 0.394 e. The summed E-state index contributed by atoms with van der Waals surface area (Å²) in [5.41, 5.74) is 2.28. The highest BCUT2D eigenvalue weighted by Gasteiger charge is 2.27. The summed E-state index contributed by atoms with van der Waals surface area (Å²) in [6.45, 7) is 6.02. The molecule has 0 aliphatic carbocycles. The molecule has 1 N–H and O–H groups in total. The minimum absolute atomic E-state index is 0.0840. The van der Waals surface area contributed by atoms with E-state index in [1.165, 1.54) is 5.56 Å². The van der Waals surface area contributed by atoms with Crippen molar-refractivity contribution in [1.29, 1.82) is 0 Å². The van der Waals surface area contributed by atoms with E-state index < -0.39 is 0 Å². The lowest BCUT2D eigenvalue weighted by Gasteiger charge is -2.39. The predicted molar refractivity (Wildman–Crippen MR) is 103 cm³/mol. The summed E-state index contributed by atoms with van der Waals surface area (Å²) >= 11 is 6.07. The molecule has 3 rings (SSSR count). The SMILES string of the molecule is OCCOCCN1CCN([C@H](c2ccc(Cl)cc2)c2ccccn2)CC1. The van der Waals surface area contributed by atoms with Gasteiger partial charge in [-0.15, -0.1) is 0 Å². The first-order valence-electron chi connectivity index (χ1n) is 9.09. The Labute approximate surface area is 160 Å². The Morgan fingerprint density at radius 1 is 1.04 bits per heavy atom. The van der Waals surface area contributed by atoms with E-state index >= 15 is 0 Å². The summed E-state index contributed by atoms with van der Waals surface area (Å²) < 4.78 is 5.38. The van der Waals surface area contributed by atoms with Crippen LogP contribution in [0, 0.1) is 0 Å². The molecule has 1 aromatic carbocycles. The molecule has 1 aliphatic rings. The van der Waals surface area contributed by atoms with Gasteiger partial charge in [0.1, 0.15) is 0 Å². The van der Waals surface area contributed by atoms with Crippen LogP contribution in [0.25, 0.3) is 0 Å². The lowest BCUT2D eigenvalue weighted by Crippen LogP contribution is -2.48. The number of hydrogen-bond donors (Lipinski definition) is 1. The number of rotatable bonds is 8. The van der Waals surface area contributed by atoms with Crippen molar-refractivity contribution >= 4 is 11.6 Å². The van der Waals surface area contributed by atoms with Gasteiger partial charge in [-0.1, -0.05) is 29.8 Å². The molecule has 140 valence electrons. The second-order valence-corrected chi connectivity index (χ2v) is 6.86. The fraction of sp³-hybridized carbons (Fsp3) is 0.450. The molecule has 1 atom stereocenters. The molecule has 2 aromatic rings. The van der Waals surface area contributed by atoms with Crippen molar-refractivity contribution in [3.8, 4) is 0 Å². The molecule has 1 fully saturated rings. The number of piperazine rings is 1. The molecule has 6 heteroatoms. The Bertz CT molecular complexity index is 646. The first-order valence-corrected chi connectivity index (χ1v) is 9.47. The normalized spacial score (nSPS) is 17.3. The third kappa shape index (κ3) is 5.25. The van der Waals surface area contributed by atoms with Crippen molar-refractivity contribution in [2.45, 2.75) is 6.04 Å². The van der Waals surface area contributed by atoms with Gasteiger partial charge in [0.2, 0.25) is 0 Å². The lowest BCUT2D eigenvalue weighted by molar-refractivity contribution is 0.0518. The van der Waals surface area contributed by atoms with Crippen molar-refractivity contribution in [3.05, 3.63) is 64.9 Å². The molecule has 1 aromatic heterocycles. The minimum Gasteiger partial charge on any atom is -0.394 e. The van der Waals surface area contributed by atoms with E-state index in [4.69, 9.17) is 21.4 Å². The van der Waals surface area contributed by atoms with Gasteiger partial charge in [0, 0.05) is 43.9 Å². The molecule has 0 unspecified atom stereocenters. The van der Waals surface area contributed by atoms with Crippen LogP contribution in [0.4, 0.5) is 0 Å². The summed E-state index contributed by atoms with van der Waals surface area (Å²) in [4.78, 5) is 9.50. The van der Waals surface area contributed by atoms with Crippen LogP contribution in [-0.2, 0) is 4.74 Å². The van der Waals surface area contributed by atoms with E-state index in [9.17, 15) is 0 Å². The Morgan fingerprint density at radius 3 is 2.46 bits per heavy atom. The highest BCUT2D eigenvalue weighted by atomic mass is 35.5. The summed E-state index contributed by atoms with van der Waals surface area (Å²) in [6.07, 6.45) is 1.85. The molecule has 0 spiro atoms. The topological polar surface area (TPSA) is 48.8 Å². The predicted octanol–water partition coefficient (Wildman–Crippen LogP) is 2.45. The first kappa shape index (κ1) is 19.3. The first-order chi connectivity index (χ1) is 12.8. The van der Waals surface area contributed by atoms with Gasteiger partial charge >= 0.3 is 0 Å². The standard InChI is InChI=1S/C20H26ClN3O2/c21-18-6-4-17(5-7-18)20(19-3-1-2-8-22-19)24-11-9-23(10-12-24)13-15-26-16-14-25/h1-8,20,25H,9-16H2/t20-/m1/s1. The van der Waals surface area contributed by atoms with Crippen LogP contribution in [0.1, 0.15) is 17.3 Å². The fourth-order valence-electron chi connectivity index (χ4n) is 3.36. The van der Waals surface area contributed by atoms with E-state index in [2.05, 4.69) is 33.0 Å². The average molecular weight is 376 g/mol. The number of aromatic nitrogens is 1. The molecule has 2 heterocycles. The van der Waals surface area contributed by atoms with Crippen LogP contribution in [0.3, 0.4) is 0 Å². The van der Waals surface area contributed by atoms with Gasteiger partial charge in [-0.2, -0.15) is 0 Å². The molecule has 1 saturated heterocycles. The molecular weight excluding hydrogens is 350 g/mol. The lowest BCUT2D eigenvalue weighted by atomic mass is 10.0. The van der Waals surface area contributed by atoms with Crippen molar-refractivity contribution in [2.75, 3.05) is 52.5 Å². The van der Waals surface area contributed by atoms with Crippen LogP contribution in [0.5, 0.6) is 0 Å². The highest BCUT2D eigenvalue weighted by Crippen LogP contribution is 2.29. The molecule has 26 heavy (non-hydrogen) atoms. The number of ether oxygens (including phenoxy) is 1. The molecule has 5 nitrogen and oxygen atoms in total. The number of aliphatic hydroxyl groups excluding tert-OH is 1. The smallest absolute Gasteiger partial charge is 0.0777 e. The van der Waals surface area contributed by atoms with Gasteiger partial charge in [0.25, 0.3) is 0 Å². The maximum Gasteiger partial charge on any atom is 0.0777 e. The van der Waals surface area contributed by atoms with Gasteiger partial charge in [-0.3, -0.25) is 14.8 Å². The Balaban J connectivity index is 1.66. The van der Waals surface area contributed by atoms with Crippen LogP contribution < -0.4 is 0 Å². The Hall–Kier alpha value is -1.50.